The normalized spacial score (nSPS) is 11.8. The molecule has 0 aliphatic carbocycles. The molecule has 0 aliphatic rings. The van der Waals surface area contributed by atoms with Crippen molar-refractivity contribution in [2.45, 2.75) is 12.7 Å². The maximum absolute atomic E-state index is 12.8. The average molecular weight is 319 g/mol. The van der Waals surface area contributed by atoms with E-state index < -0.39 is 17.6 Å². The van der Waals surface area contributed by atoms with Crippen LogP contribution in [-0.4, -0.2) is 15.5 Å². The Kier molecular flexibility index (Phi) is 3.55. The van der Waals surface area contributed by atoms with Crippen molar-refractivity contribution in [3.05, 3.63) is 65.5 Å². The SMILES string of the molecule is NC(=O)c1cc2ncccc2n1Cc1cccc(C(F)(F)F)c1. The molecule has 0 saturated heterocycles. The zero-order valence-electron chi connectivity index (χ0n) is 11.8. The van der Waals surface area contributed by atoms with Gasteiger partial charge in [0, 0.05) is 12.7 Å². The minimum atomic E-state index is -4.41. The summed E-state index contributed by atoms with van der Waals surface area (Å²) in [5, 5.41) is 0. The van der Waals surface area contributed by atoms with Crippen molar-refractivity contribution in [1.29, 1.82) is 0 Å². The van der Waals surface area contributed by atoms with E-state index in [2.05, 4.69) is 4.98 Å². The third kappa shape index (κ3) is 2.90. The van der Waals surface area contributed by atoms with E-state index in [1.165, 1.54) is 12.1 Å². The molecule has 118 valence electrons. The highest BCUT2D eigenvalue weighted by Crippen LogP contribution is 2.30. The van der Waals surface area contributed by atoms with Crippen LogP contribution in [0, 0.1) is 0 Å². The van der Waals surface area contributed by atoms with Crippen LogP contribution in [-0.2, 0) is 12.7 Å². The van der Waals surface area contributed by atoms with Gasteiger partial charge in [-0.1, -0.05) is 12.1 Å². The number of nitrogens with two attached hydrogens (primary N) is 1. The van der Waals surface area contributed by atoms with Gasteiger partial charge in [0.1, 0.15) is 5.69 Å². The Morgan fingerprint density at radius 3 is 2.65 bits per heavy atom. The van der Waals surface area contributed by atoms with Crippen LogP contribution in [0.4, 0.5) is 13.2 Å². The summed E-state index contributed by atoms with van der Waals surface area (Å²) in [5.74, 6) is -0.657. The molecule has 2 N–H and O–H groups in total. The van der Waals surface area contributed by atoms with E-state index in [-0.39, 0.29) is 12.2 Å². The van der Waals surface area contributed by atoms with Crippen LogP contribution < -0.4 is 5.73 Å². The molecule has 0 radical (unpaired) electrons. The van der Waals surface area contributed by atoms with Gasteiger partial charge in [-0.05, 0) is 35.9 Å². The molecule has 4 nitrogen and oxygen atoms in total. The molecule has 3 aromatic rings. The van der Waals surface area contributed by atoms with Crippen LogP contribution in [0.15, 0.2) is 48.7 Å². The van der Waals surface area contributed by atoms with Crippen LogP contribution in [0.25, 0.3) is 11.0 Å². The fraction of sp³-hybridized carbons (Fsp3) is 0.125. The van der Waals surface area contributed by atoms with Crippen molar-refractivity contribution in [3.8, 4) is 0 Å². The smallest absolute Gasteiger partial charge is 0.364 e. The second-order valence-corrected chi connectivity index (χ2v) is 5.09. The van der Waals surface area contributed by atoms with Gasteiger partial charge in [-0.25, -0.2) is 0 Å². The maximum Gasteiger partial charge on any atom is 0.416 e. The van der Waals surface area contributed by atoms with Gasteiger partial charge in [-0.2, -0.15) is 13.2 Å². The molecule has 0 bridgehead atoms. The van der Waals surface area contributed by atoms with Gasteiger partial charge in [0.15, 0.2) is 0 Å². The number of carbonyl (C=O) groups is 1. The Morgan fingerprint density at radius 2 is 1.96 bits per heavy atom. The Hall–Kier alpha value is -2.83. The van der Waals surface area contributed by atoms with Crippen LogP contribution in [0.3, 0.4) is 0 Å². The molecule has 23 heavy (non-hydrogen) atoms. The number of amides is 1. The van der Waals surface area contributed by atoms with Gasteiger partial charge in [-0.3, -0.25) is 9.78 Å². The molecule has 0 atom stereocenters. The number of pyridine rings is 1. The summed E-state index contributed by atoms with van der Waals surface area (Å²) in [6, 6.07) is 9.94. The van der Waals surface area contributed by atoms with Gasteiger partial charge < -0.3 is 10.3 Å². The summed E-state index contributed by atoms with van der Waals surface area (Å²) >= 11 is 0. The van der Waals surface area contributed by atoms with Crippen LogP contribution in [0.1, 0.15) is 21.6 Å². The van der Waals surface area contributed by atoms with Crippen molar-refractivity contribution >= 4 is 16.9 Å². The number of fused-ring (bicyclic) bond motifs is 1. The fourth-order valence-electron chi connectivity index (χ4n) is 2.49. The van der Waals surface area contributed by atoms with E-state index in [1.807, 2.05) is 0 Å². The third-order valence-corrected chi connectivity index (χ3v) is 3.52. The highest BCUT2D eigenvalue weighted by atomic mass is 19.4. The predicted octanol–water partition coefficient (Wildman–Crippen LogP) is 3.20. The van der Waals surface area contributed by atoms with Gasteiger partial charge in [-0.15, -0.1) is 0 Å². The first kappa shape index (κ1) is 15.1. The zero-order valence-corrected chi connectivity index (χ0v) is 11.8. The number of benzene rings is 1. The van der Waals surface area contributed by atoms with Gasteiger partial charge >= 0.3 is 6.18 Å². The highest BCUT2D eigenvalue weighted by molar-refractivity contribution is 5.96. The van der Waals surface area contributed by atoms with Gasteiger partial charge in [0.2, 0.25) is 0 Å². The molecule has 2 heterocycles. The first-order valence-electron chi connectivity index (χ1n) is 6.76. The lowest BCUT2D eigenvalue weighted by Gasteiger charge is -2.11. The largest absolute Gasteiger partial charge is 0.416 e. The standard InChI is InChI=1S/C16H12F3N3O/c17-16(18,19)11-4-1-3-10(7-11)9-22-13-5-2-6-21-12(13)8-14(22)15(20)23/h1-8H,9H2,(H2,20,23). The monoisotopic (exact) mass is 319 g/mol. The minimum Gasteiger partial charge on any atom is -0.364 e. The molecule has 0 fully saturated rings. The van der Waals surface area contributed by atoms with Crippen molar-refractivity contribution in [3.63, 3.8) is 0 Å². The molecule has 3 rings (SSSR count). The topological polar surface area (TPSA) is 60.9 Å². The molecule has 1 amide bonds. The lowest BCUT2D eigenvalue weighted by molar-refractivity contribution is -0.137. The van der Waals surface area contributed by atoms with E-state index >= 15 is 0 Å². The summed E-state index contributed by atoms with van der Waals surface area (Å²) < 4.78 is 40.0. The highest BCUT2D eigenvalue weighted by Gasteiger charge is 2.30. The second kappa shape index (κ2) is 5.42. The maximum atomic E-state index is 12.8. The van der Waals surface area contributed by atoms with Crippen molar-refractivity contribution < 1.29 is 18.0 Å². The van der Waals surface area contributed by atoms with Crippen molar-refractivity contribution in [2.75, 3.05) is 0 Å². The molecule has 0 spiro atoms. The van der Waals surface area contributed by atoms with E-state index in [4.69, 9.17) is 5.73 Å². The second-order valence-electron chi connectivity index (χ2n) is 5.09. The number of hydrogen-bond acceptors (Lipinski definition) is 2. The summed E-state index contributed by atoms with van der Waals surface area (Å²) in [7, 11) is 0. The average Bonchev–Trinajstić information content (AvgIpc) is 2.86. The van der Waals surface area contributed by atoms with E-state index in [0.29, 0.717) is 16.6 Å². The first-order valence-corrected chi connectivity index (χ1v) is 6.76. The Labute approximate surface area is 129 Å². The number of primary amides is 1. The first-order chi connectivity index (χ1) is 10.9. The van der Waals surface area contributed by atoms with E-state index in [9.17, 15) is 18.0 Å². The van der Waals surface area contributed by atoms with Crippen LogP contribution in [0.5, 0.6) is 0 Å². The molecule has 0 unspecified atom stereocenters. The van der Waals surface area contributed by atoms with Crippen LogP contribution >= 0.6 is 0 Å². The Morgan fingerprint density at radius 1 is 1.17 bits per heavy atom. The van der Waals surface area contributed by atoms with E-state index in [0.717, 1.165) is 12.1 Å². The zero-order chi connectivity index (χ0) is 16.6. The molecular weight excluding hydrogens is 307 g/mol. The number of halogens is 3. The van der Waals surface area contributed by atoms with E-state index in [1.54, 1.807) is 29.0 Å². The molecular formula is C16H12F3N3O. The molecule has 0 saturated carbocycles. The fourth-order valence-corrected chi connectivity index (χ4v) is 2.49. The quantitative estimate of drug-likeness (QED) is 0.806. The molecule has 0 aliphatic heterocycles. The lowest BCUT2D eigenvalue weighted by atomic mass is 10.1. The van der Waals surface area contributed by atoms with Gasteiger partial charge in [0.05, 0.1) is 16.6 Å². The summed E-state index contributed by atoms with van der Waals surface area (Å²) in [6.07, 6.45) is -2.84. The molecule has 1 aromatic carbocycles. The number of rotatable bonds is 3. The number of alkyl halides is 3. The number of aromatic nitrogens is 2. The van der Waals surface area contributed by atoms with Crippen LogP contribution in [0.2, 0.25) is 0 Å². The predicted molar refractivity (Wildman–Crippen MR) is 78.8 cm³/mol. The molecule has 2 aromatic heterocycles. The lowest BCUT2D eigenvalue weighted by Crippen LogP contribution is -2.17. The Balaban J connectivity index is 2.08. The summed E-state index contributed by atoms with van der Waals surface area (Å²) in [4.78, 5) is 15.7. The summed E-state index contributed by atoms with van der Waals surface area (Å²) in [6.45, 7) is 0.0946. The summed E-state index contributed by atoms with van der Waals surface area (Å²) in [5.41, 5.74) is 6.46. The number of nitrogens with zero attached hydrogens (tertiary/aromatic N) is 2. The van der Waals surface area contributed by atoms with Crippen molar-refractivity contribution in [1.82, 2.24) is 9.55 Å². The minimum absolute atomic E-state index is 0.0946. The van der Waals surface area contributed by atoms with Crippen molar-refractivity contribution in [2.24, 2.45) is 5.73 Å². The third-order valence-electron chi connectivity index (χ3n) is 3.52. The number of carbonyl (C=O) groups excluding carboxylic acids is 1. The molecule has 7 heteroatoms. The number of hydrogen-bond donors (Lipinski definition) is 1. The Bertz CT molecular complexity index is 884. The van der Waals surface area contributed by atoms with Gasteiger partial charge in [0.25, 0.3) is 5.91 Å².